The molecule has 0 radical (unpaired) electrons. The summed E-state index contributed by atoms with van der Waals surface area (Å²) >= 11 is 0. The van der Waals surface area contributed by atoms with Crippen molar-refractivity contribution >= 4 is 21.7 Å². The summed E-state index contributed by atoms with van der Waals surface area (Å²) in [5.41, 5.74) is 4.61. The monoisotopic (exact) mass is 543 g/mol. The Balaban J connectivity index is 1.52. The van der Waals surface area contributed by atoms with Gasteiger partial charge in [0.05, 0.1) is 18.6 Å². The predicted molar refractivity (Wildman–Crippen MR) is 149 cm³/mol. The van der Waals surface area contributed by atoms with Crippen LogP contribution in [0, 0.1) is 20.8 Å². The highest BCUT2D eigenvalue weighted by molar-refractivity contribution is 7.89. The first-order chi connectivity index (χ1) is 17.9. The Bertz CT molecular complexity index is 1250. The second kappa shape index (κ2) is 12.9. The van der Waals surface area contributed by atoms with E-state index < -0.39 is 10.0 Å². The summed E-state index contributed by atoms with van der Waals surface area (Å²) in [7, 11) is 0.775. The maximum Gasteiger partial charge on any atom is 0.243 e. The lowest BCUT2D eigenvalue weighted by atomic mass is 10.0. The van der Waals surface area contributed by atoms with Crippen molar-refractivity contribution in [2.45, 2.75) is 64.4 Å². The maximum atomic E-state index is 13.2. The number of amides is 1. The fourth-order valence-corrected chi connectivity index (χ4v) is 6.57. The van der Waals surface area contributed by atoms with E-state index in [0.717, 1.165) is 35.1 Å². The third kappa shape index (κ3) is 7.42. The van der Waals surface area contributed by atoms with Crippen LogP contribution >= 0.6 is 0 Å². The largest absolute Gasteiger partial charge is 0.497 e. The number of sulfonamides is 1. The minimum Gasteiger partial charge on any atom is -0.497 e. The number of carbonyl (C=O) groups excluding carboxylic acids is 2. The molecule has 0 bridgehead atoms. The standard InChI is InChI=1S/C29H41N3O5S/c1-21-15-24(18-32-13-7-8-14-32)9-10-25(21)19-30(4)28(34)12-11-26(33)20-31(5)38(35,36)29-22(2)16-27(37-6)17-23(29)3/h9-10,15-17H,7-8,11-14,18-20H2,1-6H3. The number of hydrogen-bond acceptors (Lipinski definition) is 6. The van der Waals surface area contributed by atoms with Gasteiger partial charge in [-0.1, -0.05) is 18.2 Å². The van der Waals surface area contributed by atoms with Gasteiger partial charge >= 0.3 is 0 Å². The van der Waals surface area contributed by atoms with E-state index >= 15 is 0 Å². The van der Waals surface area contributed by atoms with Crippen LogP contribution in [0.15, 0.2) is 35.2 Å². The molecule has 2 aromatic rings. The molecule has 1 aliphatic rings. The van der Waals surface area contributed by atoms with Gasteiger partial charge in [-0.15, -0.1) is 0 Å². The van der Waals surface area contributed by atoms with Gasteiger partial charge < -0.3 is 9.64 Å². The van der Waals surface area contributed by atoms with Crippen molar-refractivity contribution in [3.63, 3.8) is 0 Å². The summed E-state index contributed by atoms with van der Waals surface area (Å²) in [6.45, 7) is 8.91. The Morgan fingerprint density at radius 3 is 2.16 bits per heavy atom. The third-order valence-corrected chi connectivity index (χ3v) is 9.31. The molecule has 0 N–H and O–H groups in total. The molecule has 38 heavy (non-hydrogen) atoms. The summed E-state index contributed by atoms with van der Waals surface area (Å²) in [5.74, 6) is 0.129. The molecular formula is C29H41N3O5S. The van der Waals surface area contributed by atoms with E-state index in [4.69, 9.17) is 4.74 Å². The number of aryl methyl sites for hydroxylation is 3. The van der Waals surface area contributed by atoms with Crippen molar-refractivity contribution in [3.8, 4) is 5.75 Å². The van der Waals surface area contributed by atoms with Gasteiger partial charge in [0.2, 0.25) is 15.9 Å². The van der Waals surface area contributed by atoms with Crippen LogP contribution in [0.5, 0.6) is 5.75 Å². The molecule has 8 nitrogen and oxygen atoms in total. The highest BCUT2D eigenvalue weighted by Crippen LogP contribution is 2.28. The molecule has 9 heteroatoms. The molecule has 0 aromatic heterocycles. The zero-order valence-electron chi connectivity index (χ0n) is 23.5. The molecule has 1 saturated heterocycles. The predicted octanol–water partition coefficient (Wildman–Crippen LogP) is 3.84. The van der Waals surface area contributed by atoms with E-state index in [0.29, 0.717) is 23.4 Å². The molecule has 3 rings (SSSR count). The van der Waals surface area contributed by atoms with Crippen LogP contribution in [0.25, 0.3) is 0 Å². The topological polar surface area (TPSA) is 87.2 Å². The minimum absolute atomic E-state index is 0.0165. The molecule has 1 heterocycles. The van der Waals surface area contributed by atoms with Crippen molar-refractivity contribution < 1.29 is 22.7 Å². The van der Waals surface area contributed by atoms with E-state index in [9.17, 15) is 18.0 Å². The molecule has 0 unspecified atom stereocenters. The summed E-state index contributed by atoms with van der Waals surface area (Å²) in [4.78, 5) is 29.6. The van der Waals surface area contributed by atoms with Gasteiger partial charge in [0, 0.05) is 40.0 Å². The van der Waals surface area contributed by atoms with Gasteiger partial charge in [0.25, 0.3) is 0 Å². The number of hydrogen-bond donors (Lipinski definition) is 0. The van der Waals surface area contributed by atoms with Crippen molar-refractivity contribution in [1.82, 2.24) is 14.1 Å². The van der Waals surface area contributed by atoms with E-state index in [1.54, 1.807) is 37.9 Å². The second-order valence-electron chi connectivity index (χ2n) is 10.4. The molecule has 0 atom stereocenters. The number of likely N-dealkylation sites (N-methyl/N-ethyl adjacent to an activating group) is 1. The highest BCUT2D eigenvalue weighted by atomic mass is 32.2. The minimum atomic E-state index is -3.87. The van der Waals surface area contributed by atoms with Gasteiger partial charge in [-0.25, -0.2) is 8.42 Å². The summed E-state index contributed by atoms with van der Waals surface area (Å²) < 4.78 is 32.6. The van der Waals surface area contributed by atoms with Gasteiger partial charge in [-0.2, -0.15) is 4.31 Å². The zero-order valence-corrected chi connectivity index (χ0v) is 24.4. The molecule has 2 aromatic carbocycles. The number of carbonyl (C=O) groups is 2. The van der Waals surface area contributed by atoms with Crippen LogP contribution in [0.2, 0.25) is 0 Å². The second-order valence-corrected chi connectivity index (χ2v) is 12.4. The summed E-state index contributed by atoms with van der Waals surface area (Å²) in [6, 6.07) is 9.72. The summed E-state index contributed by atoms with van der Waals surface area (Å²) in [6.07, 6.45) is 2.55. The summed E-state index contributed by atoms with van der Waals surface area (Å²) in [5, 5.41) is 0. The average Bonchev–Trinajstić information content (AvgIpc) is 3.36. The van der Waals surface area contributed by atoms with Crippen molar-refractivity contribution in [2.75, 3.05) is 40.8 Å². The molecule has 0 aliphatic carbocycles. The zero-order chi connectivity index (χ0) is 28.0. The van der Waals surface area contributed by atoms with Crippen molar-refractivity contribution in [1.29, 1.82) is 0 Å². The number of nitrogens with zero attached hydrogens (tertiary/aromatic N) is 3. The Labute approximate surface area is 227 Å². The first kappa shape index (κ1) is 29.8. The van der Waals surface area contributed by atoms with Crippen LogP contribution in [-0.4, -0.2) is 75.1 Å². The Hall–Kier alpha value is -2.75. The molecule has 1 fully saturated rings. The molecule has 1 amide bonds. The van der Waals surface area contributed by atoms with Gasteiger partial charge in [-0.05, 0) is 86.7 Å². The quantitative estimate of drug-likeness (QED) is 0.404. The number of rotatable bonds is 12. The fraction of sp³-hybridized carbons (Fsp3) is 0.517. The van der Waals surface area contributed by atoms with Crippen molar-refractivity contribution in [3.05, 3.63) is 58.1 Å². The van der Waals surface area contributed by atoms with Gasteiger partial charge in [0.1, 0.15) is 11.5 Å². The average molecular weight is 544 g/mol. The molecule has 208 valence electrons. The molecule has 0 spiro atoms. The SMILES string of the molecule is COc1cc(C)c(S(=O)(=O)N(C)CC(=O)CCC(=O)N(C)Cc2ccc(CN3CCCC3)cc2C)c(C)c1. The smallest absolute Gasteiger partial charge is 0.243 e. The number of likely N-dealkylation sites (tertiary alicyclic amines) is 1. The Kier molecular flexibility index (Phi) is 10.1. The molecule has 1 aliphatic heterocycles. The van der Waals surface area contributed by atoms with Gasteiger partial charge in [0.15, 0.2) is 0 Å². The van der Waals surface area contributed by atoms with Crippen LogP contribution in [-0.2, 0) is 32.7 Å². The number of benzene rings is 2. The van der Waals surface area contributed by atoms with E-state index in [2.05, 4.69) is 30.0 Å². The van der Waals surface area contributed by atoms with Crippen LogP contribution in [0.4, 0.5) is 0 Å². The van der Waals surface area contributed by atoms with Crippen molar-refractivity contribution in [2.24, 2.45) is 0 Å². The van der Waals surface area contributed by atoms with E-state index in [1.807, 2.05) is 0 Å². The number of ketones is 1. The van der Waals surface area contributed by atoms with Crippen LogP contribution < -0.4 is 4.74 Å². The third-order valence-electron chi connectivity index (χ3n) is 7.20. The Morgan fingerprint density at radius 2 is 1.58 bits per heavy atom. The number of ether oxygens (including phenoxy) is 1. The first-order valence-electron chi connectivity index (χ1n) is 13.1. The molecule has 0 saturated carbocycles. The first-order valence-corrected chi connectivity index (χ1v) is 14.5. The maximum absolute atomic E-state index is 13.2. The van der Waals surface area contributed by atoms with Gasteiger partial charge in [-0.3, -0.25) is 14.5 Å². The van der Waals surface area contributed by atoms with Crippen LogP contribution in [0.1, 0.15) is 53.5 Å². The molecular weight excluding hydrogens is 502 g/mol. The lowest BCUT2D eigenvalue weighted by molar-refractivity contribution is -0.132. The fourth-order valence-electron chi connectivity index (χ4n) is 5.02. The normalized spacial score (nSPS) is 14.2. The lowest BCUT2D eigenvalue weighted by Crippen LogP contribution is -2.34. The highest BCUT2D eigenvalue weighted by Gasteiger charge is 2.27. The number of Topliss-reactive ketones (excluding diaryl/α,β-unsaturated/α-hetero) is 1. The lowest BCUT2D eigenvalue weighted by Gasteiger charge is -2.21. The van der Waals surface area contributed by atoms with Crippen LogP contribution in [0.3, 0.4) is 0 Å². The van der Waals surface area contributed by atoms with E-state index in [1.165, 1.54) is 32.6 Å². The number of methoxy groups -OCH3 is 1. The Morgan fingerprint density at radius 1 is 0.947 bits per heavy atom. The van der Waals surface area contributed by atoms with E-state index in [-0.39, 0.29) is 36.0 Å².